The Hall–Kier alpha value is -3.36. The number of esters is 1. The first-order chi connectivity index (χ1) is 17.4. The zero-order valence-electron chi connectivity index (χ0n) is 20.2. The predicted octanol–water partition coefficient (Wildman–Crippen LogP) is 0.353. The van der Waals surface area contributed by atoms with Gasteiger partial charge in [-0.2, -0.15) is 0 Å². The number of carbonyl (C=O) groups is 5. The van der Waals surface area contributed by atoms with Crippen molar-refractivity contribution in [2.75, 3.05) is 34.4 Å². The number of rotatable bonds is 8. The van der Waals surface area contributed by atoms with Crippen LogP contribution in [0.4, 0.5) is 0 Å². The normalized spacial score (nSPS) is 20.2. The van der Waals surface area contributed by atoms with Crippen LogP contribution in [-0.2, 0) is 28.7 Å². The largest absolute Gasteiger partial charge is 0.493 e. The summed E-state index contributed by atoms with van der Waals surface area (Å²) in [5.41, 5.74) is 0.148. The Bertz CT molecular complexity index is 1160. The lowest BCUT2D eigenvalue weighted by Gasteiger charge is -2.39. The minimum atomic E-state index is -1.54. The highest BCUT2D eigenvalue weighted by Crippen LogP contribution is 2.44. The third kappa shape index (κ3) is 5.50. The van der Waals surface area contributed by atoms with E-state index < -0.39 is 54.0 Å². The van der Waals surface area contributed by atoms with Gasteiger partial charge in [0.15, 0.2) is 28.3 Å². The molecule has 2 atom stereocenters. The van der Waals surface area contributed by atoms with Crippen molar-refractivity contribution in [3.63, 3.8) is 0 Å². The second-order valence-corrected chi connectivity index (χ2v) is 9.17. The van der Waals surface area contributed by atoms with Crippen LogP contribution in [0.1, 0.15) is 18.4 Å². The molecule has 0 unspecified atom stereocenters. The van der Waals surface area contributed by atoms with Crippen LogP contribution in [0, 0.1) is 11.8 Å². The second-order valence-electron chi connectivity index (χ2n) is 7.99. The molecule has 2 N–H and O–H groups in total. The number of nitrogens with zero attached hydrogens (tertiary/aromatic N) is 2. The maximum absolute atomic E-state index is 13.3. The summed E-state index contributed by atoms with van der Waals surface area (Å²) < 4.78 is 15.7. The molecule has 4 amide bonds. The summed E-state index contributed by atoms with van der Waals surface area (Å²) in [4.78, 5) is 66.5. The first-order valence-electron chi connectivity index (χ1n) is 10.8. The molecule has 2 heterocycles. The van der Waals surface area contributed by atoms with E-state index in [1.165, 1.54) is 33.3 Å². The van der Waals surface area contributed by atoms with Crippen molar-refractivity contribution in [3.8, 4) is 11.5 Å². The molecule has 0 aromatic heterocycles. The number of benzene rings is 1. The highest BCUT2D eigenvalue weighted by atomic mass is 35.5. The van der Waals surface area contributed by atoms with Crippen LogP contribution in [0.15, 0.2) is 12.1 Å². The van der Waals surface area contributed by atoms with E-state index in [1.807, 2.05) is 0 Å². The number of carbonyl (C=O) groups excluding carboxylic acids is 5. The molecule has 3 rings (SSSR count). The summed E-state index contributed by atoms with van der Waals surface area (Å²) in [6, 6.07) is 2.70. The first-order valence-corrected chi connectivity index (χ1v) is 12.0. The lowest BCUT2D eigenvalue weighted by Crippen LogP contribution is -2.62. The topological polar surface area (TPSA) is 144 Å². The molecule has 2 aliphatic heterocycles. The summed E-state index contributed by atoms with van der Waals surface area (Å²) >= 11 is 16.5. The van der Waals surface area contributed by atoms with Gasteiger partial charge in [0.1, 0.15) is 11.8 Å². The molecule has 0 aliphatic carbocycles. The Morgan fingerprint density at radius 3 is 2.00 bits per heavy atom. The monoisotopic (exact) mass is 570 g/mol. The van der Waals surface area contributed by atoms with E-state index in [4.69, 9.17) is 50.2 Å². The van der Waals surface area contributed by atoms with Gasteiger partial charge in [-0.1, -0.05) is 11.6 Å². The van der Waals surface area contributed by atoms with Gasteiger partial charge in [0.25, 0.3) is 0 Å². The summed E-state index contributed by atoms with van der Waals surface area (Å²) in [5.74, 6) is -8.12. The molecule has 1 aromatic carbocycles. The van der Waals surface area contributed by atoms with Crippen LogP contribution in [0.25, 0.3) is 0 Å². The van der Waals surface area contributed by atoms with E-state index in [-0.39, 0.29) is 38.9 Å². The van der Waals surface area contributed by atoms with E-state index >= 15 is 0 Å². The molecule has 198 valence electrons. The minimum absolute atomic E-state index is 0.0184. The van der Waals surface area contributed by atoms with Crippen LogP contribution in [0.3, 0.4) is 0 Å². The molecule has 12 nitrogen and oxygen atoms in total. The van der Waals surface area contributed by atoms with Crippen LogP contribution in [0.5, 0.6) is 11.5 Å². The van der Waals surface area contributed by atoms with Gasteiger partial charge >= 0.3 is 5.97 Å². The first kappa shape index (κ1) is 28.2. The highest BCUT2D eigenvalue weighted by molar-refractivity contribution is 7.80. The fourth-order valence-electron chi connectivity index (χ4n) is 3.99. The number of amides is 4. The van der Waals surface area contributed by atoms with Crippen LogP contribution < -0.4 is 20.1 Å². The van der Waals surface area contributed by atoms with Crippen molar-refractivity contribution in [1.29, 1.82) is 0 Å². The van der Waals surface area contributed by atoms with Crippen LogP contribution in [-0.4, -0.2) is 84.0 Å². The third-order valence-electron chi connectivity index (χ3n) is 5.82. The van der Waals surface area contributed by atoms with E-state index in [0.717, 1.165) is 9.80 Å². The van der Waals surface area contributed by atoms with Crippen molar-refractivity contribution >= 4 is 75.9 Å². The number of halogens is 1. The van der Waals surface area contributed by atoms with E-state index in [9.17, 15) is 24.0 Å². The van der Waals surface area contributed by atoms with Gasteiger partial charge in [0.05, 0.1) is 18.7 Å². The summed E-state index contributed by atoms with van der Waals surface area (Å²) in [6.07, 6.45) is 0. The van der Waals surface area contributed by atoms with Crippen LogP contribution >= 0.6 is 36.0 Å². The van der Waals surface area contributed by atoms with Crippen molar-refractivity contribution in [1.82, 2.24) is 20.4 Å². The molecular formula is C22H23ClN4O8S2. The Morgan fingerprint density at radius 2 is 1.54 bits per heavy atom. The van der Waals surface area contributed by atoms with Crippen molar-refractivity contribution < 1.29 is 38.2 Å². The highest BCUT2D eigenvalue weighted by Gasteiger charge is 2.52. The molecular weight excluding hydrogens is 548 g/mol. The molecule has 2 aliphatic rings. The van der Waals surface area contributed by atoms with Gasteiger partial charge in [-0.05, 0) is 49.1 Å². The van der Waals surface area contributed by atoms with Gasteiger partial charge in [0, 0.05) is 20.0 Å². The maximum atomic E-state index is 13.3. The van der Waals surface area contributed by atoms with Crippen LogP contribution in [0.2, 0.25) is 5.02 Å². The molecule has 0 radical (unpaired) electrons. The van der Waals surface area contributed by atoms with Crippen molar-refractivity contribution in [2.24, 2.45) is 11.8 Å². The van der Waals surface area contributed by atoms with Gasteiger partial charge in [-0.3, -0.25) is 29.0 Å². The molecule has 37 heavy (non-hydrogen) atoms. The Morgan fingerprint density at radius 1 is 1.03 bits per heavy atom. The SMILES string of the molecule is CCOC(=O)COc1c(Cl)cc(C([C@H]2C(=O)NC(=S)N(C)C2=O)[C@H]2C(=O)NC(=S)N(C)C2=O)cc1OC. The van der Waals surface area contributed by atoms with Gasteiger partial charge in [0.2, 0.25) is 23.6 Å². The Balaban J connectivity index is 2.15. The molecule has 1 aromatic rings. The maximum Gasteiger partial charge on any atom is 0.344 e. The van der Waals surface area contributed by atoms with Gasteiger partial charge in [-0.25, -0.2) is 4.79 Å². The molecule has 2 saturated heterocycles. The Labute approximate surface area is 227 Å². The average Bonchev–Trinajstić information content (AvgIpc) is 2.84. The fraction of sp³-hybridized carbons (Fsp3) is 0.409. The number of ether oxygens (including phenoxy) is 3. The smallest absolute Gasteiger partial charge is 0.344 e. The molecule has 0 saturated carbocycles. The molecule has 0 spiro atoms. The summed E-state index contributed by atoms with van der Waals surface area (Å²) in [5, 5.41) is 4.53. The number of hydrogen-bond donors (Lipinski definition) is 2. The lowest BCUT2D eigenvalue weighted by atomic mass is 9.73. The zero-order chi connectivity index (χ0) is 27.6. The zero-order valence-corrected chi connectivity index (χ0v) is 22.5. The predicted molar refractivity (Wildman–Crippen MR) is 137 cm³/mol. The minimum Gasteiger partial charge on any atom is -0.493 e. The quantitative estimate of drug-likeness (QED) is 0.255. The van der Waals surface area contributed by atoms with Gasteiger partial charge < -0.3 is 24.8 Å². The van der Waals surface area contributed by atoms with E-state index in [2.05, 4.69) is 10.6 Å². The van der Waals surface area contributed by atoms with Crippen molar-refractivity contribution in [3.05, 3.63) is 22.7 Å². The number of methoxy groups -OCH3 is 1. The van der Waals surface area contributed by atoms with E-state index in [1.54, 1.807) is 6.92 Å². The average molecular weight is 571 g/mol. The Kier molecular flexibility index (Phi) is 8.66. The number of thiocarbonyl (C=S) groups is 2. The standard InChI is InChI=1S/C22H23ClN4O8S2/c1-5-34-12(28)8-35-16-10(23)6-9(7-11(16)33-4)13(14-17(29)24-21(36)26(2)19(14)31)15-18(30)25-22(37)27(3)20(15)32/h6-7,13-15H,5,8H2,1-4H3,(H,24,29,36)(H,25,30,37)/t14-,15-/m0/s1. The molecule has 2 fully saturated rings. The number of nitrogens with one attached hydrogen (secondary N) is 2. The summed E-state index contributed by atoms with van der Waals surface area (Å²) in [7, 11) is 4.02. The molecule has 15 heteroatoms. The number of hydrogen-bond acceptors (Lipinski definition) is 10. The lowest BCUT2D eigenvalue weighted by molar-refractivity contribution is -0.147. The third-order valence-corrected chi connectivity index (χ3v) is 6.85. The van der Waals surface area contributed by atoms with E-state index in [0.29, 0.717) is 0 Å². The van der Waals surface area contributed by atoms with Gasteiger partial charge in [-0.15, -0.1) is 0 Å². The van der Waals surface area contributed by atoms with Crippen molar-refractivity contribution in [2.45, 2.75) is 12.8 Å². The molecule has 0 bridgehead atoms. The fourth-order valence-corrected chi connectivity index (χ4v) is 4.65. The second kappa shape index (κ2) is 11.4. The summed E-state index contributed by atoms with van der Waals surface area (Å²) in [6.45, 7) is 1.32.